The second-order valence-electron chi connectivity index (χ2n) is 8.08. The maximum atomic E-state index is 12.8. The number of hydrogen-bond donors (Lipinski definition) is 0. The van der Waals surface area contributed by atoms with E-state index in [1.54, 1.807) is 24.3 Å². The van der Waals surface area contributed by atoms with Crippen LogP contribution < -0.4 is 5.06 Å². The highest BCUT2D eigenvalue weighted by Crippen LogP contribution is 2.44. The van der Waals surface area contributed by atoms with E-state index in [4.69, 9.17) is 4.84 Å². The van der Waals surface area contributed by atoms with Gasteiger partial charge in [0.1, 0.15) is 6.10 Å². The summed E-state index contributed by atoms with van der Waals surface area (Å²) in [6, 6.07) is 23.8. The van der Waals surface area contributed by atoms with Gasteiger partial charge in [-0.25, -0.2) is 5.06 Å². The van der Waals surface area contributed by atoms with Crippen molar-refractivity contribution < 1.29 is 14.4 Å². The van der Waals surface area contributed by atoms with Gasteiger partial charge in [-0.1, -0.05) is 54.6 Å². The second-order valence-corrected chi connectivity index (χ2v) is 8.08. The predicted octanol–water partition coefficient (Wildman–Crippen LogP) is 4.14. The van der Waals surface area contributed by atoms with Gasteiger partial charge in [0, 0.05) is 6.42 Å². The molecule has 3 aliphatic rings. The Morgan fingerprint density at radius 3 is 2.20 bits per heavy atom. The highest BCUT2D eigenvalue weighted by Gasteiger charge is 2.43. The fraction of sp³-hybridized carbons (Fsp3) is 0.200. The maximum Gasteiger partial charge on any atom is 0.261 e. The molecule has 5 nitrogen and oxygen atoms in total. The van der Waals surface area contributed by atoms with Crippen molar-refractivity contribution in [1.82, 2.24) is 4.90 Å². The summed E-state index contributed by atoms with van der Waals surface area (Å²) < 4.78 is 0. The van der Waals surface area contributed by atoms with Crippen LogP contribution in [0.5, 0.6) is 0 Å². The fourth-order valence-electron chi connectivity index (χ4n) is 4.92. The number of carbonyl (C=O) groups is 2. The van der Waals surface area contributed by atoms with E-state index in [2.05, 4.69) is 36.4 Å². The van der Waals surface area contributed by atoms with Crippen LogP contribution in [0.25, 0.3) is 0 Å². The van der Waals surface area contributed by atoms with Crippen molar-refractivity contribution in [3.63, 3.8) is 0 Å². The average molecular weight is 396 g/mol. The summed E-state index contributed by atoms with van der Waals surface area (Å²) in [5.41, 5.74) is 5.77. The van der Waals surface area contributed by atoms with Gasteiger partial charge in [0.15, 0.2) is 0 Å². The number of fused-ring (bicyclic) bond motifs is 6. The maximum absolute atomic E-state index is 12.8. The lowest BCUT2D eigenvalue weighted by molar-refractivity contribution is 0.0405. The molecule has 2 amide bonds. The first-order chi connectivity index (χ1) is 14.7. The Bertz CT molecular complexity index is 1100. The number of carbonyl (C=O) groups excluding carboxylic acids is 2. The zero-order valence-electron chi connectivity index (χ0n) is 16.3. The van der Waals surface area contributed by atoms with Gasteiger partial charge in [-0.2, -0.15) is 0 Å². The van der Waals surface area contributed by atoms with Crippen LogP contribution in [-0.2, 0) is 11.3 Å². The third kappa shape index (κ3) is 2.52. The predicted molar refractivity (Wildman–Crippen MR) is 112 cm³/mol. The van der Waals surface area contributed by atoms with E-state index in [0.717, 1.165) is 18.5 Å². The topological polar surface area (TPSA) is 49.9 Å². The van der Waals surface area contributed by atoms with E-state index in [1.807, 2.05) is 17.2 Å². The van der Waals surface area contributed by atoms with Gasteiger partial charge in [-0.15, -0.1) is 0 Å². The molecule has 148 valence electrons. The van der Waals surface area contributed by atoms with Crippen LogP contribution in [-0.4, -0.2) is 29.4 Å². The standard InChI is InChI=1S/C25H20N2O3/c28-24-20-10-4-5-11-21(20)25(29)26(24)15-18-14-23-19-9-3-1-7-16(19)13-17-8-2-6-12-22(17)27(23)30-18/h1-12,18,23H,13-15H2/t18-,23-/m1/s1. The number of anilines is 1. The van der Waals surface area contributed by atoms with Crippen LogP contribution in [0.2, 0.25) is 0 Å². The summed E-state index contributed by atoms with van der Waals surface area (Å²) in [5.74, 6) is -0.468. The van der Waals surface area contributed by atoms with Gasteiger partial charge in [-0.3, -0.25) is 19.3 Å². The number of nitrogens with zero attached hydrogens (tertiary/aromatic N) is 2. The summed E-state index contributed by atoms with van der Waals surface area (Å²) in [6.07, 6.45) is 1.33. The third-order valence-electron chi connectivity index (χ3n) is 6.32. The highest BCUT2D eigenvalue weighted by atomic mass is 16.7. The molecular formula is C25H20N2O3. The number of benzene rings is 3. The van der Waals surface area contributed by atoms with Crippen LogP contribution in [0.3, 0.4) is 0 Å². The van der Waals surface area contributed by atoms with Crippen molar-refractivity contribution in [1.29, 1.82) is 0 Å². The summed E-state index contributed by atoms with van der Waals surface area (Å²) in [7, 11) is 0. The minimum Gasteiger partial charge on any atom is -0.272 e. The molecule has 3 aromatic rings. The molecule has 0 saturated carbocycles. The molecule has 0 bridgehead atoms. The highest BCUT2D eigenvalue weighted by molar-refractivity contribution is 6.21. The molecule has 0 N–H and O–H groups in total. The number of para-hydroxylation sites is 1. The van der Waals surface area contributed by atoms with Gasteiger partial charge in [0.25, 0.3) is 11.8 Å². The quantitative estimate of drug-likeness (QED) is 0.611. The second kappa shape index (κ2) is 6.54. The first kappa shape index (κ1) is 17.4. The lowest BCUT2D eigenvalue weighted by Gasteiger charge is -2.25. The molecule has 0 spiro atoms. The molecule has 6 rings (SSSR count). The Kier molecular flexibility index (Phi) is 3.80. The minimum atomic E-state index is -0.253. The van der Waals surface area contributed by atoms with E-state index in [9.17, 15) is 9.59 Å². The largest absolute Gasteiger partial charge is 0.272 e. The Labute approximate surface area is 174 Å². The van der Waals surface area contributed by atoms with E-state index in [-0.39, 0.29) is 30.5 Å². The Morgan fingerprint density at radius 2 is 1.43 bits per heavy atom. The number of hydroxylamine groups is 1. The monoisotopic (exact) mass is 396 g/mol. The van der Waals surface area contributed by atoms with E-state index < -0.39 is 0 Å². The molecule has 3 aliphatic heterocycles. The molecule has 1 saturated heterocycles. The lowest BCUT2D eigenvalue weighted by atomic mass is 9.95. The van der Waals surface area contributed by atoms with Gasteiger partial charge >= 0.3 is 0 Å². The molecule has 2 atom stereocenters. The first-order valence-electron chi connectivity index (χ1n) is 10.3. The summed E-state index contributed by atoms with van der Waals surface area (Å²) in [5, 5.41) is 1.99. The van der Waals surface area contributed by atoms with Crippen LogP contribution in [0, 0.1) is 0 Å². The molecular weight excluding hydrogens is 376 g/mol. The SMILES string of the molecule is O=C1c2ccccc2C(=O)N1C[C@H]1C[C@@H]2c3ccccc3Cc3ccccc3N2O1. The van der Waals surface area contributed by atoms with Crippen molar-refractivity contribution in [2.45, 2.75) is 25.0 Å². The van der Waals surface area contributed by atoms with Crippen molar-refractivity contribution in [2.24, 2.45) is 0 Å². The number of rotatable bonds is 2. The summed E-state index contributed by atoms with van der Waals surface area (Å²) >= 11 is 0. The Balaban J connectivity index is 1.33. The number of amides is 2. The van der Waals surface area contributed by atoms with Crippen molar-refractivity contribution in [2.75, 3.05) is 11.6 Å². The Morgan fingerprint density at radius 1 is 0.800 bits per heavy atom. The average Bonchev–Trinajstić information content (AvgIpc) is 3.26. The van der Waals surface area contributed by atoms with Gasteiger partial charge in [0.2, 0.25) is 0 Å². The van der Waals surface area contributed by atoms with E-state index >= 15 is 0 Å². The minimum absolute atomic E-state index is 0.0602. The molecule has 0 radical (unpaired) electrons. The van der Waals surface area contributed by atoms with Gasteiger partial charge < -0.3 is 0 Å². The van der Waals surface area contributed by atoms with Crippen LogP contribution in [0.1, 0.15) is 49.9 Å². The lowest BCUT2D eigenvalue weighted by Crippen LogP contribution is -2.37. The fourth-order valence-corrected chi connectivity index (χ4v) is 4.92. The van der Waals surface area contributed by atoms with Crippen molar-refractivity contribution in [3.8, 4) is 0 Å². The molecule has 1 fully saturated rings. The number of imide groups is 1. The van der Waals surface area contributed by atoms with Crippen molar-refractivity contribution in [3.05, 3.63) is 101 Å². The normalized spacial score (nSPS) is 21.7. The molecule has 3 aromatic carbocycles. The van der Waals surface area contributed by atoms with Gasteiger partial charge in [0.05, 0.1) is 29.4 Å². The van der Waals surface area contributed by atoms with Crippen LogP contribution in [0.15, 0.2) is 72.8 Å². The van der Waals surface area contributed by atoms with Gasteiger partial charge in [-0.05, 0) is 41.3 Å². The third-order valence-corrected chi connectivity index (χ3v) is 6.32. The number of hydrogen-bond acceptors (Lipinski definition) is 4. The molecule has 0 aliphatic carbocycles. The zero-order valence-corrected chi connectivity index (χ0v) is 16.3. The first-order valence-corrected chi connectivity index (χ1v) is 10.3. The summed E-state index contributed by atoms with van der Waals surface area (Å²) in [6.45, 7) is 0.254. The van der Waals surface area contributed by atoms with Crippen molar-refractivity contribution >= 4 is 17.5 Å². The molecule has 3 heterocycles. The zero-order chi connectivity index (χ0) is 20.2. The smallest absolute Gasteiger partial charge is 0.261 e. The van der Waals surface area contributed by atoms with E-state index in [1.165, 1.54) is 21.6 Å². The Hall–Kier alpha value is -3.44. The van der Waals surface area contributed by atoms with E-state index in [0.29, 0.717) is 11.1 Å². The molecule has 5 heteroatoms. The summed E-state index contributed by atoms with van der Waals surface area (Å²) in [4.78, 5) is 33.3. The van der Waals surface area contributed by atoms with Crippen LogP contribution >= 0.6 is 0 Å². The molecule has 0 unspecified atom stereocenters. The van der Waals surface area contributed by atoms with Crippen LogP contribution in [0.4, 0.5) is 5.69 Å². The molecule has 0 aromatic heterocycles. The molecule has 30 heavy (non-hydrogen) atoms.